The van der Waals surface area contributed by atoms with Gasteiger partial charge in [0.15, 0.2) is 0 Å². The van der Waals surface area contributed by atoms with E-state index in [1.807, 2.05) is 30.3 Å². The Balaban J connectivity index is 2.78. The molecule has 0 spiro atoms. The molecule has 1 aromatic rings. The summed E-state index contributed by atoms with van der Waals surface area (Å²) < 4.78 is 10.4. The van der Waals surface area contributed by atoms with Crippen LogP contribution in [0.5, 0.6) is 0 Å². The number of amides is 2. The normalized spacial score (nSPS) is 15.0. The Morgan fingerprint density at radius 2 is 1.45 bits per heavy atom. The Labute approximate surface area is 172 Å². The van der Waals surface area contributed by atoms with E-state index >= 15 is 0 Å². The first kappa shape index (κ1) is 24.7. The predicted octanol–water partition coefficient (Wildman–Crippen LogP) is 2.37. The molecule has 8 nitrogen and oxygen atoms in total. The van der Waals surface area contributed by atoms with Crippen molar-refractivity contribution in [1.29, 1.82) is 0 Å². The molecule has 0 saturated heterocycles. The number of nitrogens with one attached hydrogen (secondary N) is 2. The van der Waals surface area contributed by atoms with Crippen LogP contribution < -0.4 is 10.6 Å². The number of alkyl carbamates (subject to hydrolysis) is 2. The summed E-state index contributed by atoms with van der Waals surface area (Å²) in [7, 11) is 0. The maximum Gasteiger partial charge on any atom is 0.407 e. The molecule has 0 aromatic heterocycles. The quantitative estimate of drug-likeness (QED) is 0.548. The van der Waals surface area contributed by atoms with Crippen LogP contribution >= 0.6 is 0 Å². The fraction of sp³-hybridized carbons (Fsp3) is 0.619. The van der Waals surface area contributed by atoms with Crippen LogP contribution in [0.4, 0.5) is 9.59 Å². The number of ether oxygens (including phenoxy) is 2. The van der Waals surface area contributed by atoms with E-state index in [2.05, 4.69) is 10.6 Å². The minimum Gasteiger partial charge on any atom is -0.444 e. The molecular formula is C21H34N2O6. The SMILES string of the molecule is CC(C)(C)OC(=O)NC[C@@H](O)[C@H](O)[C@H](Cc1ccccc1)NC(=O)OC(C)(C)C. The number of aliphatic hydroxyl groups excluding tert-OH is 2. The van der Waals surface area contributed by atoms with Gasteiger partial charge in [-0.05, 0) is 53.5 Å². The molecule has 3 atom stereocenters. The fourth-order valence-electron chi connectivity index (χ4n) is 2.48. The van der Waals surface area contributed by atoms with Gasteiger partial charge < -0.3 is 30.3 Å². The summed E-state index contributed by atoms with van der Waals surface area (Å²) in [5.74, 6) is 0. The first-order valence-corrected chi connectivity index (χ1v) is 9.63. The van der Waals surface area contributed by atoms with Crippen LogP contribution in [0.3, 0.4) is 0 Å². The zero-order valence-electron chi connectivity index (χ0n) is 18.1. The summed E-state index contributed by atoms with van der Waals surface area (Å²) in [6.07, 6.45) is -3.82. The zero-order valence-corrected chi connectivity index (χ0v) is 18.1. The number of rotatable bonds is 7. The van der Waals surface area contributed by atoms with Crippen LogP contribution in [0.2, 0.25) is 0 Å². The minimum atomic E-state index is -1.35. The Hall–Kier alpha value is -2.32. The van der Waals surface area contributed by atoms with Crippen LogP contribution in [0.15, 0.2) is 30.3 Å². The smallest absolute Gasteiger partial charge is 0.407 e. The molecule has 0 fully saturated rings. The summed E-state index contributed by atoms with van der Waals surface area (Å²) in [5.41, 5.74) is -0.523. The largest absolute Gasteiger partial charge is 0.444 e. The molecule has 0 radical (unpaired) electrons. The standard InChI is InChI=1S/C21H34N2O6/c1-20(2,3)28-18(26)22-13-16(24)17(25)15(12-14-10-8-7-9-11-14)23-19(27)29-21(4,5)6/h7-11,15-17,24-25H,12-13H2,1-6H3,(H,22,26)(H,23,27)/t15-,16+,17+/m0/s1. The molecule has 0 heterocycles. The Morgan fingerprint density at radius 1 is 0.931 bits per heavy atom. The third-order valence-electron chi connectivity index (χ3n) is 3.66. The number of carbonyl (C=O) groups is 2. The van der Waals surface area contributed by atoms with Crippen molar-refractivity contribution in [3.05, 3.63) is 35.9 Å². The number of carbonyl (C=O) groups excluding carboxylic acids is 2. The molecule has 164 valence electrons. The third-order valence-corrected chi connectivity index (χ3v) is 3.66. The number of aliphatic hydroxyl groups is 2. The predicted molar refractivity (Wildman–Crippen MR) is 110 cm³/mol. The summed E-state index contributed by atoms with van der Waals surface area (Å²) in [4.78, 5) is 24.0. The highest BCUT2D eigenvalue weighted by atomic mass is 16.6. The number of hydrogen-bond acceptors (Lipinski definition) is 6. The highest BCUT2D eigenvalue weighted by molar-refractivity contribution is 5.68. The number of benzene rings is 1. The lowest BCUT2D eigenvalue weighted by atomic mass is 9.97. The molecule has 1 aromatic carbocycles. The van der Waals surface area contributed by atoms with Gasteiger partial charge in [-0.3, -0.25) is 0 Å². The molecule has 0 aliphatic rings. The van der Waals surface area contributed by atoms with Crippen molar-refractivity contribution >= 4 is 12.2 Å². The first-order valence-electron chi connectivity index (χ1n) is 9.63. The van der Waals surface area contributed by atoms with Gasteiger partial charge in [-0.25, -0.2) is 9.59 Å². The summed E-state index contributed by atoms with van der Waals surface area (Å²) in [6, 6.07) is 8.40. The van der Waals surface area contributed by atoms with E-state index in [0.29, 0.717) is 0 Å². The summed E-state index contributed by atoms with van der Waals surface area (Å²) >= 11 is 0. The molecular weight excluding hydrogens is 376 g/mol. The van der Waals surface area contributed by atoms with E-state index in [-0.39, 0.29) is 13.0 Å². The van der Waals surface area contributed by atoms with Crippen molar-refractivity contribution in [2.24, 2.45) is 0 Å². The lowest BCUT2D eigenvalue weighted by Gasteiger charge is -2.29. The molecule has 0 saturated carbocycles. The minimum absolute atomic E-state index is 0.239. The zero-order chi connectivity index (χ0) is 22.2. The van der Waals surface area contributed by atoms with Crippen LogP contribution in [0.1, 0.15) is 47.1 Å². The molecule has 1 rings (SSSR count). The highest BCUT2D eigenvalue weighted by Gasteiger charge is 2.30. The van der Waals surface area contributed by atoms with Crippen LogP contribution in [0.25, 0.3) is 0 Å². The van der Waals surface area contributed by atoms with Crippen molar-refractivity contribution < 1.29 is 29.3 Å². The van der Waals surface area contributed by atoms with Gasteiger partial charge in [-0.15, -0.1) is 0 Å². The monoisotopic (exact) mass is 410 g/mol. The second-order valence-corrected chi connectivity index (χ2v) is 8.88. The van der Waals surface area contributed by atoms with E-state index in [4.69, 9.17) is 9.47 Å². The highest BCUT2D eigenvalue weighted by Crippen LogP contribution is 2.12. The lowest BCUT2D eigenvalue weighted by Crippen LogP contribution is -2.53. The molecule has 2 amide bonds. The van der Waals surface area contributed by atoms with Crippen molar-refractivity contribution in [3.63, 3.8) is 0 Å². The van der Waals surface area contributed by atoms with Crippen LogP contribution in [0, 0.1) is 0 Å². The van der Waals surface area contributed by atoms with Crippen LogP contribution in [-0.2, 0) is 15.9 Å². The van der Waals surface area contributed by atoms with Gasteiger partial charge in [0, 0.05) is 6.54 Å². The average molecular weight is 411 g/mol. The second-order valence-electron chi connectivity index (χ2n) is 8.88. The molecule has 29 heavy (non-hydrogen) atoms. The van der Waals surface area contributed by atoms with Crippen molar-refractivity contribution in [2.45, 2.75) is 77.4 Å². The van der Waals surface area contributed by atoms with E-state index in [1.54, 1.807) is 41.5 Å². The van der Waals surface area contributed by atoms with Crippen molar-refractivity contribution in [2.75, 3.05) is 6.54 Å². The van der Waals surface area contributed by atoms with Crippen molar-refractivity contribution in [1.82, 2.24) is 10.6 Å². The topological polar surface area (TPSA) is 117 Å². The van der Waals surface area contributed by atoms with Gasteiger partial charge in [0.05, 0.1) is 12.1 Å². The maximum absolute atomic E-state index is 12.2. The third kappa shape index (κ3) is 10.7. The van der Waals surface area contributed by atoms with Gasteiger partial charge in [-0.1, -0.05) is 30.3 Å². The molecule has 4 N–H and O–H groups in total. The van der Waals surface area contributed by atoms with Gasteiger partial charge in [0.25, 0.3) is 0 Å². The van der Waals surface area contributed by atoms with Crippen LogP contribution in [-0.4, -0.2) is 58.4 Å². The molecule has 0 bridgehead atoms. The Morgan fingerprint density at radius 3 is 1.97 bits per heavy atom. The van der Waals surface area contributed by atoms with Gasteiger partial charge in [0.1, 0.15) is 17.3 Å². The molecule has 0 aliphatic heterocycles. The van der Waals surface area contributed by atoms with E-state index < -0.39 is 41.6 Å². The van der Waals surface area contributed by atoms with Gasteiger partial charge in [0.2, 0.25) is 0 Å². The summed E-state index contributed by atoms with van der Waals surface area (Å²) in [5, 5.41) is 26.0. The van der Waals surface area contributed by atoms with E-state index in [9.17, 15) is 19.8 Å². The molecule has 0 unspecified atom stereocenters. The molecule has 8 heteroatoms. The van der Waals surface area contributed by atoms with Gasteiger partial charge >= 0.3 is 12.2 Å². The fourth-order valence-corrected chi connectivity index (χ4v) is 2.48. The first-order chi connectivity index (χ1) is 13.3. The Kier molecular flexibility index (Phi) is 8.91. The average Bonchev–Trinajstić information content (AvgIpc) is 2.56. The van der Waals surface area contributed by atoms with E-state index in [0.717, 1.165) is 5.56 Å². The summed E-state index contributed by atoms with van der Waals surface area (Å²) in [6.45, 7) is 10.1. The van der Waals surface area contributed by atoms with E-state index in [1.165, 1.54) is 0 Å². The van der Waals surface area contributed by atoms with Gasteiger partial charge in [-0.2, -0.15) is 0 Å². The molecule has 0 aliphatic carbocycles. The maximum atomic E-state index is 12.2. The van der Waals surface area contributed by atoms with Crippen molar-refractivity contribution in [3.8, 4) is 0 Å². The Bertz CT molecular complexity index is 651. The number of hydrogen-bond donors (Lipinski definition) is 4. The second kappa shape index (κ2) is 10.5. The lowest BCUT2D eigenvalue weighted by molar-refractivity contribution is -0.0106.